The van der Waals surface area contributed by atoms with Crippen LogP contribution in [0.5, 0.6) is 5.75 Å². The minimum Gasteiger partial charge on any atom is -0.434 e. The molecule has 1 fully saturated rings. The van der Waals surface area contributed by atoms with Gasteiger partial charge in [0.1, 0.15) is 5.75 Å². The van der Waals surface area contributed by atoms with Gasteiger partial charge < -0.3 is 10.1 Å². The van der Waals surface area contributed by atoms with E-state index in [9.17, 15) is 8.78 Å². The van der Waals surface area contributed by atoms with Gasteiger partial charge in [0.15, 0.2) is 0 Å². The van der Waals surface area contributed by atoms with E-state index in [1.165, 1.54) is 31.7 Å². The van der Waals surface area contributed by atoms with Crippen LogP contribution >= 0.6 is 11.6 Å². The van der Waals surface area contributed by atoms with Crippen LogP contribution in [0.4, 0.5) is 8.78 Å². The fraction of sp³-hybridized carbons (Fsp3) is 0.600. The quantitative estimate of drug-likeness (QED) is 0.828. The third-order valence-electron chi connectivity index (χ3n) is 3.96. The van der Waals surface area contributed by atoms with Crippen LogP contribution < -0.4 is 10.1 Å². The third kappa shape index (κ3) is 4.32. The molecule has 1 aliphatic carbocycles. The molecule has 0 saturated heterocycles. The van der Waals surface area contributed by atoms with Gasteiger partial charge in [0, 0.05) is 23.2 Å². The lowest BCUT2D eigenvalue weighted by molar-refractivity contribution is -0.0505. The number of nitrogens with one attached hydrogen (secondary N) is 1. The number of ether oxygens (including phenoxy) is 1. The van der Waals surface area contributed by atoms with Crippen molar-refractivity contribution in [2.24, 2.45) is 5.92 Å². The number of benzene rings is 1. The van der Waals surface area contributed by atoms with Gasteiger partial charge in [0.25, 0.3) is 0 Å². The Bertz CT molecular complexity index is 436. The number of rotatable bonds is 6. The molecule has 0 aliphatic heterocycles. The summed E-state index contributed by atoms with van der Waals surface area (Å²) in [6, 6.07) is 5.10. The summed E-state index contributed by atoms with van der Waals surface area (Å²) in [5.41, 5.74) is 0.669. The van der Waals surface area contributed by atoms with Crippen molar-refractivity contribution in [1.82, 2.24) is 5.32 Å². The SMILES string of the molecule is C[C@@H](NCc1cc(Cl)ccc1OC(F)F)C1CCCC1. The lowest BCUT2D eigenvalue weighted by Crippen LogP contribution is -2.31. The Balaban J connectivity index is 1.98. The number of halogens is 3. The molecule has 2 rings (SSSR count). The second-order valence-corrected chi connectivity index (χ2v) is 5.78. The van der Waals surface area contributed by atoms with E-state index in [0.29, 0.717) is 29.1 Å². The zero-order chi connectivity index (χ0) is 14.5. The van der Waals surface area contributed by atoms with Crippen molar-refractivity contribution >= 4 is 11.6 Å². The van der Waals surface area contributed by atoms with Crippen LogP contribution in [0.3, 0.4) is 0 Å². The summed E-state index contributed by atoms with van der Waals surface area (Å²) in [7, 11) is 0. The van der Waals surface area contributed by atoms with Gasteiger partial charge in [-0.15, -0.1) is 0 Å². The van der Waals surface area contributed by atoms with Crippen molar-refractivity contribution < 1.29 is 13.5 Å². The van der Waals surface area contributed by atoms with E-state index in [1.54, 1.807) is 12.1 Å². The van der Waals surface area contributed by atoms with Crippen molar-refractivity contribution in [3.63, 3.8) is 0 Å². The first-order valence-corrected chi connectivity index (χ1v) is 7.40. The van der Waals surface area contributed by atoms with Crippen LogP contribution in [0, 0.1) is 5.92 Å². The molecule has 1 aliphatic rings. The standard InChI is InChI=1S/C15H20ClF2NO/c1-10(11-4-2-3-5-11)19-9-12-8-13(16)6-7-14(12)20-15(17)18/h6-8,10-11,15,19H,2-5,9H2,1H3/t10-/m1/s1. The van der Waals surface area contributed by atoms with Gasteiger partial charge in [-0.1, -0.05) is 24.4 Å². The van der Waals surface area contributed by atoms with Crippen LogP contribution in [0.25, 0.3) is 0 Å². The second-order valence-electron chi connectivity index (χ2n) is 5.34. The minimum atomic E-state index is -2.82. The summed E-state index contributed by atoms with van der Waals surface area (Å²) in [4.78, 5) is 0. The maximum absolute atomic E-state index is 12.4. The van der Waals surface area contributed by atoms with Crippen LogP contribution in [0.1, 0.15) is 38.2 Å². The fourth-order valence-electron chi connectivity index (χ4n) is 2.79. The molecular weight excluding hydrogens is 284 g/mol. The van der Waals surface area contributed by atoms with E-state index in [4.69, 9.17) is 11.6 Å². The number of hydrogen-bond acceptors (Lipinski definition) is 2. The molecule has 0 heterocycles. The van der Waals surface area contributed by atoms with Gasteiger partial charge in [-0.25, -0.2) is 0 Å². The molecule has 1 N–H and O–H groups in total. The normalized spacial score (nSPS) is 17.6. The molecule has 0 spiro atoms. The van der Waals surface area contributed by atoms with Crippen LogP contribution in [-0.4, -0.2) is 12.7 Å². The highest BCUT2D eigenvalue weighted by atomic mass is 35.5. The average molecular weight is 304 g/mol. The van der Waals surface area contributed by atoms with E-state index >= 15 is 0 Å². The van der Waals surface area contributed by atoms with Crippen molar-refractivity contribution in [2.45, 2.75) is 51.8 Å². The lowest BCUT2D eigenvalue weighted by Gasteiger charge is -2.21. The topological polar surface area (TPSA) is 21.3 Å². The molecule has 0 unspecified atom stereocenters. The molecule has 112 valence electrons. The number of hydrogen-bond donors (Lipinski definition) is 1. The molecule has 5 heteroatoms. The Hall–Kier alpha value is -0.870. The summed E-state index contributed by atoms with van der Waals surface area (Å²) in [6.45, 7) is -0.184. The highest BCUT2D eigenvalue weighted by Crippen LogP contribution is 2.29. The van der Waals surface area contributed by atoms with Gasteiger partial charge in [0.05, 0.1) is 0 Å². The van der Waals surface area contributed by atoms with Crippen molar-refractivity contribution in [3.05, 3.63) is 28.8 Å². The van der Waals surface area contributed by atoms with Crippen molar-refractivity contribution in [2.75, 3.05) is 0 Å². The molecule has 0 bridgehead atoms. The summed E-state index contributed by atoms with van der Waals surface area (Å²) in [6.07, 6.45) is 5.05. The van der Waals surface area contributed by atoms with Gasteiger partial charge in [-0.05, 0) is 43.9 Å². The third-order valence-corrected chi connectivity index (χ3v) is 4.20. The smallest absolute Gasteiger partial charge is 0.387 e. The van der Waals surface area contributed by atoms with Crippen LogP contribution in [-0.2, 0) is 6.54 Å². The first-order valence-electron chi connectivity index (χ1n) is 7.03. The Kier molecular flexibility index (Phi) is 5.61. The molecule has 0 amide bonds. The Labute approximate surface area is 123 Å². The van der Waals surface area contributed by atoms with E-state index in [-0.39, 0.29) is 5.75 Å². The monoisotopic (exact) mass is 303 g/mol. The minimum absolute atomic E-state index is 0.190. The van der Waals surface area contributed by atoms with E-state index in [1.807, 2.05) is 0 Å². The van der Waals surface area contributed by atoms with Gasteiger partial charge in [-0.2, -0.15) is 8.78 Å². The predicted molar refractivity (Wildman–Crippen MR) is 76.3 cm³/mol. The zero-order valence-electron chi connectivity index (χ0n) is 11.5. The molecule has 1 atom stereocenters. The zero-order valence-corrected chi connectivity index (χ0v) is 12.3. The molecule has 20 heavy (non-hydrogen) atoms. The van der Waals surface area contributed by atoms with Gasteiger partial charge in [0.2, 0.25) is 0 Å². The summed E-state index contributed by atoms with van der Waals surface area (Å²) >= 11 is 5.92. The van der Waals surface area contributed by atoms with E-state index < -0.39 is 6.61 Å². The maximum Gasteiger partial charge on any atom is 0.387 e. The number of alkyl halides is 2. The Morgan fingerprint density at radius 3 is 2.70 bits per heavy atom. The average Bonchev–Trinajstić information content (AvgIpc) is 2.92. The molecule has 0 aromatic heterocycles. The van der Waals surface area contributed by atoms with Gasteiger partial charge >= 0.3 is 6.61 Å². The Morgan fingerprint density at radius 2 is 2.05 bits per heavy atom. The first kappa shape index (κ1) is 15.5. The van der Waals surface area contributed by atoms with Gasteiger partial charge in [-0.3, -0.25) is 0 Å². The summed E-state index contributed by atoms with van der Waals surface area (Å²) in [5.74, 6) is 0.865. The molecule has 1 aromatic carbocycles. The van der Waals surface area contributed by atoms with Crippen LogP contribution in [0.2, 0.25) is 5.02 Å². The lowest BCUT2D eigenvalue weighted by atomic mass is 9.99. The van der Waals surface area contributed by atoms with Crippen molar-refractivity contribution in [3.8, 4) is 5.75 Å². The highest BCUT2D eigenvalue weighted by molar-refractivity contribution is 6.30. The summed E-state index contributed by atoms with van der Waals surface area (Å²) in [5, 5.41) is 3.92. The molecule has 1 saturated carbocycles. The molecule has 2 nitrogen and oxygen atoms in total. The fourth-order valence-corrected chi connectivity index (χ4v) is 2.99. The predicted octanol–water partition coefficient (Wildman–Crippen LogP) is 4.61. The Morgan fingerprint density at radius 1 is 1.35 bits per heavy atom. The largest absolute Gasteiger partial charge is 0.434 e. The molecular formula is C15H20ClF2NO. The molecule has 0 radical (unpaired) electrons. The van der Waals surface area contributed by atoms with E-state index in [2.05, 4.69) is 17.0 Å². The first-order chi connectivity index (χ1) is 9.56. The molecule has 1 aromatic rings. The van der Waals surface area contributed by atoms with Crippen molar-refractivity contribution in [1.29, 1.82) is 0 Å². The maximum atomic E-state index is 12.4. The second kappa shape index (κ2) is 7.23. The highest BCUT2D eigenvalue weighted by Gasteiger charge is 2.21. The summed E-state index contributed by atoms with van der Waals surface area (Å²) < 4.78 is 29.3. The van der Waals surface area contributed by atoms with Crippen LogP contribution in [0.15, 0.2) is 18.2 Å². The van der Waals surface area contributed by atoms with E-state index in [0.717, 1.165) is 0 Å².